The molecule has 0 aliphatic carbocycles. The van der Waals surface area contributed by atoms with E-state index < -0.39 is 10.0 Å². The van der Waals surface area contributed by atoms with Crippen LogP contribution in [0.1, 0.15) is 11.3 Å². The lowest BCUT2D eigenvalue weighted by molar-refractivity contribution is 0.588. The van der Waals surface area contributed by atoms with E-state index in [1.54, 1.807) is 42.7 Å². The van der Waals surface area contributed by atoms with Gasteiger partial charge in [-0.25, -0.2) is 22.4 Å². The molecule has 0 N–H and O–H groups in total. The summed E-state index contributed by atoms with van der Waals surface area (Å²) in [5.74, 6) is 0.667. The number of hydrogen-bond donors (Lipinski definition) is 0. The molecule has 4 heterocycles. The Balaban J connectivity index is 1.80. The monoisotopic (exact) mass is 481 g/mol. The van der Waals surface area contributed by atoms with E-state index in [-0.39, 0.29) is 4.90 Å². The maximum Gasteiger partial charge on any atom is 0.269 e. The predicted octanol–water partition coefficient (Wildman–Crippen LogP) is 4.36. The maximum absolute atomic E-state index is 13.2. The molecule has 0 radical (unpaired) electrons. The third-order valence-corrected chi connectivity index (χ3v) is 7.31. The van der Waals surface area contributed by atoms with Crippen molar-refractivity contribution in [1.29, 1.82) is 0 Å². The smallest absolute Gasteiger partial charge is 0.269 e. The summed E-state index contributed by atoms with van der Waals surface area (Å²) in [4.78, 5) is 13.7. The summed E-state index contributed by atoms with van der Waals surface area (Å²) in [7, 11) is -3.79. The third-order valence-electron chi connectivity index (χ3n) is 5.05. The van der Waals surface area contributed by atoms with Crippen molar-refractivity contribution in [2.24, 2.45) is 0 Å². The molecule has 0 aliphatic heterocycles. The summed E-state index contributed by atoms with van der Waals surface area (Å²) < 4.78 is 30.2. The minimum Gasteiger partial charge on any atom is -0.286 e. The van der Waals surface area contributed by atoms with Crippen molar-refractivity contribution < 1.29 is 8.42 Å². The van der Waals surface area contributed by atoms with E-state index in [0.29, 0.717) is 21.6 Å². The van der Waals surface area contributed by atoms with Crippen LogP contribution in [0.3, 0.4) is 0 Å². The highest BCUT2D eigenvalue weighted by Gasteiger charge is 2.23. The summed E-state index contributed by atoms with van der Waals surface area (Å²) in [6, 6.07) is 12.3. The van der Waals surface area contributed by atoms with E-state index in [1.807, 2.05) is 30.4 Å². The minimum atomic E-state index is -3.79. The standard InChI is InChI=1S/C21H16BrN5O2S/c1-13-5-7-15(8-6-13)30(28,29)26-11-9-17-21(26)24-12-18-19(22)25-20(27(17)18)16-4-3-10-23-14(16)2/h3-12H,1-2H3. The largest absolute Gasteiger partial charge is 0.286 e. The minimum absolute atomic E-state index is 0.211. The number of imidazole rings is 1. The van der Waals surface area contributed by atoms with Crippen molar-refractivity contribution in [2.45, 2.75) is 18.7 Å². The van der Waals surface area contributed by atoms with Crippen LogP contribution in [0, 0.1) is 13.8 Å². The van der Waals surface area contributed by atoms with Gasteiger partial charge in [0.05, 0.1) is 22.1 Å². The highest BCUT2D eigenvalue weighted by molar-refractivity contribution is 9.10. The first kappa shape index (κ1) is 19.0. The topological polar surface area (TPSA) is 82.1 Å². The Labute approximate surface area is 181 Å². The van der Waals surface area contributed by atoms with Gasteiger partial charge in [-0.2, -0.15) is 0 Å². The van der Waals surface area contributed by atoms with Crippen molar-refractivity contribution in [1.82, 2.24) is 23.3 Å². The number of aromatic nitrogens is 5. The number of benzene rings is 1. The van der Waals surface area contributed by atoms with E-state index in [0.717, 1.165) is 22.3 Å². The van der Waals surface area contributed by atoms with Crippen molar-refractivity contribution in [2.75, 3.05) is 0 Å². The summed E-state index contributed by atoms with van der Waals surface area (Å²) in [6.45, 7) is 3.83. The van der Waals surface area contributed by atoms with Crippen LogP contribution in [0.15, 0.2) is 70.6 Å². The van der Waals surface area contributed by atoms with Crippen LogP contribution in [0.4, 0.5) is 0 Å². The Morgan fingerprint density at radius 2 is 1.73 bits per heavy atom. The van der Waals surface area contributed by atoms with Gasteiger partial charge in [0.15, 0.2) is 5.65 Å². The fourth-order valence-electron chi connectivity index (χ4n) is 3.50. The zero-order chi connectivity index (χ0) is 21.0. The molecular formula is C21H16BrN5O2S. The number of halogens is 1. The average Bonchev–Trinajstić information content (AvgIpc) is 3.30. The van der Waals surface area contributed by atoms with Gasteiger partial charge in [0.2, 0.25) is 0 Å². The molecule has 9 heteroatoms. The van der Waals surface area contributed by atoms with Crippen LogP contribution >= 0.6 is 15.9 Å². The number of pyridine rings is 1. The SMILES string of the molecule is Cc1ccc(S(=O)(=O)n2ccc3c2ncc2c(Br)nc(-c4cccnc4C)n23)cc1. The molecule has 1 aromatic carbocycles. The zero-order valence-corrected chi connectivity index (χ0v) is 18.5. The number of aryl methyl sites for hydroxylation is 2. The highest BCUT2D eigenvalue weighted by Crippen LogP contribution is 2.31. The normalized spacial score (nSPS) is 12.1. The second-order valence-electron chi connectivity index (χ2n) is 6.98. The molecule has 30 heavy (non-hydrogen) atoms. The van der Waals surface area contributed by atoms with Gasteiger partial charge in [-0.05, 0) is 60.1 Å². The van der Waals surface area contributed by atoms with Crippen LogP contribution < -0.4 is 0 Å². The number of hydrogen-bond acceptors (Lipinski definition) is 5. The molecule has 5 aromatic rings. The number of fused-ring (bicyclic) bond motifs is 3. The summed E-state index contributed by atoms with van der Waals surface area (Å²) in [6.07, 6.45) is 4.88. The first-order valence-corrected chi connectivity index (χ1v) is 11.4. The van der Waals surface area contributed by atoms with Gasteiger partial charge in [-0.1, -0.05) is 17.7 Å². The van der Waals surface area contributed by atoms with E-state index in [4.69, 9.17) is 0 Å². The molecule has 0 saturated carbocycles. The lowest BCUT2D eigenvalue weighted by atomic mass is 10.2. The molecule has 0 aliphatic rings. The summed E-state index contributed by atoms with van der Waals surface area (Å²) >= 11 is 3.50. The Morgan fingerprint density at radius 3 is 2.47 bits per heavy atom. The van der Waals surface area contributed by atoms with Gasteiger partial charge in [0, 0.05) is 23.7 Å². The molecule has 150 valence electrons. The Morgan fingerprint density at radius 1 is 0.967 bits per heavy atom. The van der Waals surface area contributed by atoms with Gasteiger partial charge in [0.1, 0.15) is 10.4 Å². The Kier molecular flexibility index (Phi) is 4.26. The van der Waals surface area contributed by atoms with Gasteiger partial charge in [-0.3, -0.25) is 9.38 Å². The van der Waals surface area contributed by atoms with E-state index >= 15 is 0 Å². The lowest BCUT2D eigenvalue weighted by Gasteiger charge is -2.09. The average molecular weight is 482 g/mol. The molecule has 7 nitrogen and oxygen atoms in total. The number of nitrogens with zero attached hydrogens (tertiary/aromatic N) is 5. The molecular weight excluding hydrogens is 466 g/mol. The van der Waals surface area contributed by atoms with E-state index in [9.17, 15) is 8.42 Å². The van der Waals surface area contributed by atoms with Gasteiger partial charge < -0.3 is 0 Å². The van der Waals surface area contributed by atoms with Crippen LogP contribution in [0.5, 0.6) is 0 Å². The van der Waals surface area contributed by atoms with Crippen molar-refractivity contribution in [3.05, 3.63) is 76.9 Å². The quantitative estimate of drug-likeness (QED) is 0.382. The fourth-order valence-corrected chi connectivity index (χ4v) is 5.24. The van der Waals surface area contributed by atoms with Gasteiger partial charge in [-0.15, -0.1) is 0 Å². The Hall–Kier alpha value is -3.04. The van der Waals surface area contributed by atoms with Crippen molar-refractivity contribution in [3.8, 4) is 11.4 Å². The Bertz CT molecular complexity index is 1540. The summed E-state index contributed by atoms with van der Waals surface area (Å²) in [5, 5.41) is 0. The summed E-state index contributed by atoms with van der Waals surface area (Å²) in [5.41, 5.74) is 4.39. The lowest BCUT2D eigenvalue weighted by Crippen LogP contribution is -2.12. The predicted molar refractivity (Wildman–Crippen MR) is 118 cm³/mol. The van der Waals surface area contributed by atoms with Gasteiger partial charge in [0.25, 0.3) is 10.0 Å². The zero-order valence-electron chi connectivity index (χ0n) is 16.1. The molecule has 0 fully saturated rings. The molecule has 4 aromatic heterocycles. The second-order valence-corrected chi connectivity index (χ2v) is 9.55. The van der Waals surface area contributed by atoms with Gasteiger partial charge >= 0.3 is 0 Å². The second kappa shape index (κ2) is 6.75. The first-order valence-electron chi connectivity index (χ1n) is 9.16. The molecule has 0 saturated heterocycles. The highest BCUT2D eigenvalue weighted by atomic mass is 79.9. The van der Waals surface area contributed by atoms with Crippen LogP contribution in [0.25, 0.3) is 28.1 Å². The molecule has 0 amide bonds. The molecule has 0 unspecified atom stereocenters. The molecule has 0 bridgehead atoms. The maximum atomic E-state index is 13.2. The van der Waals surface area contributed by atoms with E-state index in [1.165, 1.54) is 10.2 Å². The van der Waals surface area contributed by atoms with Crippen LogP contribution in [-0.4, -0.2) is 31.7 Å². The molecule has 0 atom stereocenters. The van der Waals surface area contributed by atoms with Crippen molar-refractivity contribution in [3.63, 3.8) is 0 Å². The molecule has 0 spiro atoms. The van der Waals surface area contributed by atoms with Crippen LogP contribution in [0.2, 0.25) is 0 Å². The van der Waals surface area contributed by atoms with Crippen LogP contribution in [-0.2, 0) is 10.0 Å². The third kappa shape index (κ3) is 2.77. The molecule has 5 rings (SSSR count). The van der Waals surface area contributed by atoms with Crippen molar-refractivity contribution >= 4 is 42.6 Å². The number of rotatable bonds is 3. The van der Waals surface area contributed by atoms with E-state index in [2.05, 4.69) is 30.9 Å². The first-order chi connectivity index (χ1) is 14.4. The fraction of sp³-hybridized carbons (Fsp3) is 0.0952.